The lowest BCUT2D eigenvalue weighted by Gasteiger charge is -2.25. The van der Waals surface area contributed by atoms with Crippen molar-refractivity contribution in [2.24, 2.45) is 0 Å². The van der Waals surface area contributed by atoms with Gasteiger partial charge in [0.2, 0.25) is 5.91 Å². The zero-order valence-electron chi connectivity index (χ0n) is 13.1. The van der Waals surface area contributed by atoms with Gasteiger partial charge in [-0.2, -0.15) is 0 Å². The highest BCUT2D eigenvalue weighted by Crippen LogP contribution is 2.33. The molecule has 1 aliphatic rings. The molecule has 0 saturated carbocycles. The summed E-state index contributed by atoms with van der Waals surface area (Å²) in [7, 11) is 0. The van der Waals surface area contributed by atoms with Crippen molar-refractivity contribution in [3.8, 4) is 0 Å². The first-order valence-electron chi connectivity index (χ1n) is 7.91. The molecule has 0 aromatic heterocycles. The maximum atomic E-state index is 13.0. The summed E-state index contributed by atoms with van der Waals surface area (Å²) in [6.45, 7) is 1.60. The van der Waals surface area contributed by atoms with Crippen LogP contribution >= 0.6 is 23.2 Å². The summed E-state index contributed by atoms with van der Waals surface area (Å²) in [5, 5.41) is 4.00. The second-order valence-electron chi connectivity index (χ2n) is 5.87. The van der Waals surface area contributed by atoms with Crippen molar-refractivity contribution in [2.75, 3.05) is 24.1 Å². The number of benzene rings is 2. The minimum atomic E-state index is -0.486. The number of rotatable bonds is 4. The third-order valence-corrected chi connectivity index (χ3v) is 4.81. The number of nitrogens with two attached hydrogens (primary N) is 1. The summed E-state index contributed by atoms with van der Waals surface area (Å²) >= 11 is 12.2. The normalized spacial score (nSPS) is 15.3. The molecule has 0 unspecified atom stereocenters. The molecule has 1 heterocycles. The lowest BCUT2D eigenvalue weighted by Crippen LogP contribution is -2.36. The third kappa shape index (κ3) is 3.60. The van der Waals surface area contributed by atoms with Gasteiger partial charge in [-0.1, -0.05) is 53.5 Å². The predicted molar refractivity (Wildman–Crippen MR) is 99.5 cm³/mol. The highest BCUT2D eigenvalue weighted by atomic mass is 35.5. The molecule has 3 N–H and O–H groups in total. The van der Waals surface area contributed by atoms with E-state index in [0.29, 0.717) is 21.4 Å². The minimum Gasteiger partial charge on any atom is -0.396 e. The molecule has 2 aromatic rings. The number of likely N-dealkylation sites (tertiary alicyclic amines) is 1. The van der Waals surface area contributed by atoms with Gasteiger partial charge in [0.15, 0.2) is 0 Å². The molecule has 0 aliphatic carbocycles. The number of carbonyl (C=O) groups excluding carboxylic acids is 1. The molecular weight excluding hydrogens is 345 g/mol. The van der Waals surface area contributed by atoms with Crippen LogP contribution in [0.1, 0.15) is 24.4 Å². The maximum Gasteiger partial charge on any atom is 0.249 e. The smallest absolute Gasteiger partial charge is 0.249 e. The molecule has 0 radical (unpaired) electrons. The zero-order chi connectivity index (χ0) is 17.1. The third-order valence-electron chi connectivity index (χ3n) is 4.19. The highest BCUT2D eigenvalue weighted by molar-refractivity contribution is 6.39. The number of nitrogens with one attached hydrogen (secondary N) is 1. The van der Waals surface area contributed by atoms with Crippen molar-refractivity contribution >= 4 is 40.5 Å². The fourth-order valence-corrected chi connectivity index (χ4v) is 3.37. The zero-order valence-corrected chi connectivity index (χ0v) is 14.6. The Morgan fingerprint density at radius 2 is 1.67 bits per heavy atom. The van der Waals surface area contributed by atoms with Gasteiger partial charge in [0.05, 0.1) is 15.7 Å². The monoisotopic (exact) mass is 363 g/mol. The summed E-state index contributed by atoms with van der Waals surface area (Å²) in [6, 6.07) is 12.5. The number of carbonyl (C=O) groups is 1. The molecule has 2 aromatic carbocycles. The standard InChI is InChI=1S/C18H19Cl2N3O/c19-14-10-13(11-15(20)16(14)21)22-17(12-6-2-1-3-7-12)18(24)23-8-4-5-9-23/h1-3,6-7,10-11,17,22H,4-5,8-9,21H2/t17-/m1/s1. The Balaban J connectivity index is 1.91. The van der Waals surface area contributed by atoms with E-state index in [2.05, 4.69) is 5.32 Å². The Kier molecular flexibility index (Phi) is 5.17. The van der Waals surface area contributed by atoms with Crippen LogP contribution in [0.2, 0.25) is 10.0 Å². The van der Waals surface area contributed by atoms with Gasteiger partial charge in [-0.25, -0.2) is 0 Å². The number of halogens is 2. The first-order chi connectivity index (χ1) is 11.6. The van der Waals surface area contributed by atoms with Crippen LogP contribution < -0.4 is 11.1 Å². The topological polar surface area (TPSA) is 58.4 Å². The van der Waals surface area contributed by atoms with Crippen LogP contribution in [0.25, 0.3) is 0 Å². The van der Waals surface area contributed by atoms with E-state index in [9.17, 15) is 4.79 Å². The minimum absolute atomic E-state index is 0.0581. The van der Waals surface area contributed by atoms with Gasteiger partial charge in [-0.15, -0.1) is 0 Å². The molecule has 1 saturated heterocycles. The molecule has 1 aliphatic heterocycles. The first-order valence-corrected chi connectivity index (χ1v) is 8.66. The van der Waals surface area contributed by atoms with E-state index in [4.69, 9.17) is 28.9 Å². The van der Waals surface area contributed by atoms with Crippen molar-refractivity contribution < 1.29 is 4.79 Å². The maximum absolute atomic E-state index is 13.0. The number of amides is 1. The molecule has 4 nitrogen and oxygen atoms in total. The average molecular weight is 364 g/mol. The first kappa shape index (κ1) is 16.9. The number of hydrogen-bond donors (Lipinski definition) is 2. The van der Waals surface area contributed by atoms with Crippen LogP contribution in [0.3, 0.4) is 0 Å². The Morgan fingerprint density at radius 1 is 1.08 bits per heavy atom. The van der Waals surface area contributed by atoms with E-state index < -0.39 is 6.04 Å². The summed E-state index contributed by atoms with van der Waals surface area (Å²) in [6.07, 6.45) is 2.10. The van der Waals surface area contributed by atoms with Crippen LogP contribution in [0.5, 0.6) is 0 Å². The fourth-order valence-electron chi connectivity index (χ4n) is 2.89. The molecule has 6 heteroatoms. The van der Waals surface area contributed by atoms with Crippen LogP contribution in [0.4, 0.5) is 11.4 Å². The number of nitrogens with zero attached hydrogens (tertiary/aromatic N) is 1. The Labute approximate surface area is 151 Å². The van der Waals surface area contributed by atoms with E-state index in [1.54, 1.807) is 12.1 Å². The van der Waals surface area contributed by atoms with Crippen LogP contribution in [-0.2, 0) is 4.79 Å². The van der Waals surface area contributed by atoms with E-state index in [1.165, 1.54) is 0 Å². The highest BCUT2D eigenvalue weighted by Gasteiger charge is 2.28. The van der Waals surface area contributed by atoms with Gasteiger partial charge in [-0.05, 0) is 30.5 Å². The molecule has 0 bridgehead atoms. The van der Waals surface area contributed by atoms with Crippen LogP contribution in [0.15, 0.2) is 42.5 Å². The average Bonchev–Trinajstić information content (AvgIpc) is 3.12. The molecule has 0 spiro atoms. The number of nitrogen functional groups attached to an aromatic ring is 1. The summed E-state index contributed by atoms with van der Waals surface area (Å²) in [5.74, 6) is 0.0581. The number of hydrogen-bond acceptors (Lipinski definition) is 3. The molecule has 1 fully saturated rings. The lowest BCUT2D eigenvalue weighted by atomic mass is 10.0. The summed E-state index contributed by atoms with van der Waals surface area (Å²) in [5.41, 5.74) is 7.69. The fraction of sp³-hybridized carbons (Fsp3) is 0.278. The van der Waals surface area contributed by atoms with Gasteiger partial charge in [0.25, 0.3) is 0 Å². The predicted octanol–water partition coefficient (Wildman–Crippen LogP) is 4.35. The van der Waals surface area contributed by atoms with Crippen molar-refractivity contribution in [3.05, 3.63) is 58.1 Å². The Bertz CT molecular complexity index is 707. The van der Waals surface area contributed by atoms with Gasteiger partial charge in [0.1, 0.15) is 6.04 Å². The van der Waals surface area contributed by atoms with Gasteiger partial charge in [-0.3, -0.25) is 4.79 Å². The quantitative estimate of drug-likeness (QED) is 0.793. The molecule has 3 rings (SSSR count). The Hall–Kier alpha value is -1.91. The van der Waals surface area contributed by atoms with Crippen molar-refractivity contribution in [1.82, 2.24) is 4.90 Å². The largest absolute Gasteiger partial charge is 0.396 e. The van der Waals surface area contributed by atoms with E-state index in [1.807, 2.05) is 35.2 Å². The van der Waals surface area contributed by atoms with E-state index in [-0.39, 0.29) is 5.91 Å². The second-order valence-corrected chi connectivity index (χ2v) is 6.69. The summed E-state index contributed by atoms with van der Waals surface area (Å²) in [4.78, 5) is 14.9. The van der Waals surface area contributed by atoms with Crippen molar-refractivity contribution in [1.29, 1.82) is 0 Å². The van der Waals surface area contributed by atoms with Crippen LogP contribution in [-0.4, -0.2) is 23.9 Å². The van der Waals surface area contributed by atoms with Crippen molar-refractivity contribution in [2.45, 2.75) is 18.9 Å². The summed E-state index contributed by atoms with van der Waals surface area (Å²) < 4.78 is 0. The lowest BCUT2D eigenvalue weighted by molar-refractivity contribution is -0.131. The van der Waals surface area contributed by atoms with Gasteiger partial charge < -0.3 is 16.0 Å². The van der Waals surface area contributed by atoms with Gasteiger partial charge >= 0.3 is 0 Å². The SMILES string of the molecule is Nc1c(Cl)cc(N[C@@H](C(=O)N2CCCC2)c2ccccc2)cc1Cl. The Morgan fingerprint density at radius 3 is 2.25 bits per heavy atom. The molecule has 126 valence electrons. The molecular formula is C18H19Cl2N3O. The van der Waals surface area contributed by atoms with E-state index >= 15 is 0 Å². The molecule has 24 heavy (non-hydrogen) atoms. The van der Waals surface area contributed by atoms with Gasteiger partial charge in [0, 0.05) is 18.8 Å². The number of anilines is 2. The van der Waals surface area contributed by atoms with Crippen molar-refractivity contribution in [3.63, 3.8) is 0 Å². The van der Waals surface area contributed by atoms with Crippen LogP contribution in [0, 0.1) is 0 Å². The molecule has 1 atom stereocenters. The second kappa shape index (κ2) is 7.32. The van der Waals surface area contributed by atoms with E-state index in [0.717, 1.165) is 31.5 Å². The molecule has 1 amide bonds.